The van der Waals surface area contributed by atoms with Crippen LogP contribution in [0.3, 0.4) is 0 Å². The van der Waals surface area contributed by atoms with Crippen molar-refractivity contribution in [3.8, 4) is 10.4 Å². The Hall–Kier alpha value is -1.70. The SMILES string of the molecule is C=C(C)CNC(=S)Nc1scc(-c2cccs2)c1C(=O)OCC. The molecule has 0 amide bonds. The number of carbonyl (C=O) groups is 1. The highest BCUT2D eigenvalue weighted by Gasteiger charge is 2.22. The maximum Gasteiger partial charge on any atom is 0.341 e. The molecule has 2 heterocycles. The summed E-state index contributed by atoms with van der Waals surface area (Å²) in [5, 5.41) is 11.2. The molecule has 0 aromatic carbocycles. The van der Waals surface area contributed by atoms with Gasteiger partial charge in [-0.3, -0.25) is 0 Å². The molecule has 2 N–H and O–H groups in total. The van der Waals surface area contributed by atoms with Crippen LogP contribution in [-0.2, 0) is 4.74 Å². The molecule has 0 unspecified atom stereocenters. The minimum atomic E-state index is -0.345. The molecule has 0 aliphatic carbocycles. The Morgan fingerprint density at radius 2 is 2.22 bits per heavy atom. The first-order valence-corrected chi connectivity index (χ1v) is 9.21. The van der Waals surface area contributed by atoms with E-state index in [-0.39, 0.29) is 5.97 Å². The van der Waals surface area contributed by atoms with E-state index in [0.717, 1.165) is 16.0 Å². The van der Waals surface area contributed by atoms with Gasteiger partial charge < -0.3 is 15.4 Å². The maximum atomic E-state index is 12.4. The lowest BCUT2D eigenvalue weighted by Gasteiger charge is -2.11. The lowest BCUT2D eigenvalue weighted by atomic mass is 10.1. The molecular formula is C16H18N2O2S3. The number of rotatable bonds is 6. The van der Waals surface area contributed by atoms with Crippen LogP contribution in [0, 0.1) is 0 Å². The molecule has 0 saturated carbocycles. The van der Waals surface area contributed by atoms with Crippen LogP contribution in [0.4, 0.5) is 5.00 Å². The van der Waals surface area contributed by atoms with Gasteiger partial charge in [-0.05, 0) is 37.5 Å². The van der Waals surface area contributed by atoms with Crippen LogP contribution in [0.2, 0.25) is 0 Å². The van der Waals surface area contributed by atoms with Gasteiger partial charge >= 0.3 is 5.97 Å². The van der Waals surface area contributed by atoms with Crippen LogP contribution < -0.4 is 10.6 Å². The first kappa shape index (κ1) is 17.7. The summed E-state index contributed by atoms with van der Waals surface area (Å²) in [6, 6.07) is 3.94. The van der Waals surface area contributed by atoms with Gasteiger partial charge in [0.25, 0.3) is 0 Å². The Kier molecular flexibility index (Phi) is 6.32. The topological polar surface area (TPSA) is 50.4 Å². The number of nitrogens with one attached hydrogen (secondary N) is 2. The summed E-state index contributed by atoms with van der Waals surface area (Å²) in [5.74, 6) is -0.345. The molecule has 4 nitrogen and oxygen atoms in total. The van der Waals surface area contributed by atoms with Crippen molar-refractivity contribution in [2.45, 2.75) is 13.8 Å². The number of hydrogen-bond donors (Lipinski definition) is 2. The number of thiocarbonyl (C=S) groups is 1. The summed E-state index contributed by atoms with van der Waals surface area (Å²) < 4.78 is 5.20. The smallest absolute Gasteiger partial charge is 0.341 e. The molecule has 0 spiro atoms. The van der Waals surface area contributed by atoms with Crippen molar-refractivity contribution in [3.63, 3.8) is 0 Å². The van der Waals surface area contributed by atoms with Crippen molar-refractivity contribution in [3.05, 3.63) is 40.6 Å². The Bertz CT molecular complexity index is 705. The van der Waals surface area contributed by atoms with E-state index < -0.39 is 0 Å². The first-order chi connectivity index (χ1) is 11.0. The van der Waals surface area contributed by atoms with Gasteiger partial charge in [0.1, 0.15) is 10.6 Å². The molecule has 2 rings (SSSR count). The molecule has 0 fully saturated rings. The molecule has 2 aromatic heterocycles. The fourth-order valence-electron chi connectivity index (χ4n) is 1.85. The highest BCUT2D eigenvalue weighted by atomic mass is 32.1. The van der Waals surface area contributed by atoms with Gasteiger partial charge in [0.15, 0.2) is 5.11 Å². The van der Waals surface area contributed by atoms with Crippen molar-refractivity contribution < 1.29 is 9.53 Å². The fraction of sp³-hybridized carbons (Fsp3) is 0.250. The van der Waals surface area contributed by atoms with Gasteiger partial charge in [-0.1, -0.05) is 18.2 Å². The zero-order valence-electron chi connectivity index (χ0n) is 13.0. The molecule has 0 radical (unpaired) electrons. The molecule has 122 valence electrons. The molecule has 0 saturated heterocycles. The Morgan fingerprint density at radius 3 is 2.83 bits per heavy atom. The second kappa shape index (κ2) is 8.24. The van der Waals surface area contributed by atoms with Gasteiger partial charge in [-0.15, -0.1) is 22.7 Å². The molecule has 0 aliphatic rings. The van der Waals surface area contributed by atoms with E-state index in [0.29, 0.717) is 28.8 Å². The molecule has 0 bridgehead atoms. The maximum absolute atomic E-state index is 12.4. The van der Waals surface area contributed by atoms with Crippen molar-refractivity contribution in [1.82, 2.24) is 5.32 Å². The standard InChI is InChI=1S/C16H18N2O2S3/c1-4-20-15(19)13-11(12-6-5-7-22-12)9-23-14(13)18-16(21)17-8-10(2)3/h5-7,9H,2,4,8H2,1,3H3,(H2,17,18,21). The molecule has 23 heavy (non-hydrogen) atoms. The average molecular weight is 367 g/mol. The van der Waals surface area contributed by atoms with Crippen molar-refractivity contribution in [2.24, 2.45) is 0 Å². The van der Waals surface area contributed by atoms with Gasteiger partial charge in [0.05, 0.1) is 6.61 Å². The van der Waals surface area contributed by atoms with Crippen molar-refractivity contribution in [2.75, 3.05) is 18.5 Å². The fourth-order valence-corrected chi connectivity index (χ4v) is 3.86. The monoisotopic (exact) mass is 366 g/mol. The van der Waals surface area contributed by atoms with Gasteiger partial charge in [0.2, 0.25) is 0 Å². The number of esters is 1. The van der Waals surface area contributed by atoms with Crippen LogP contribution in [0.1, 0.15) is 24.2 Å². The molecular weight excluding hydrogens is 348 g/mol. The van der Waals surface area contributed by atoms with Crippen LogP contribution in [-0.4, -0.2) is 24.2 Å². The Morgan fingerprint density at radius 1 is 1.43 bits per heavy atom. The number of ether oxygens (including phenoxy) is 1. The summed E-state index contributed by atoms with van der Waals surface area (Å²) in [7, 11) is 0. The highest BCUT2D eigenvalue weighted by molar-refractivity contribution is 7.80. The predicted molar refractivity (Wildman–Crippen MR) is 103 cm³/mol. The number of carbonyl (C=O) groups excluding carboxylic acids is 1. The third-order valence-corrected chi connectivity index (χ3v) is 4.88. The van der Waals surface area contributed by atoms with Crippen LogP contribution >= 0.6 is 34.9 Å². The van der Waals surface area contributed by atoms with Crippen molar-refractivity contribution >= 4 is 51.0 Å². The van der Waals surface area contributed by atoms with Crippen molar-refractivity contribution in [1.29, 1.82) is 0 Å². The minimum absolute atomic E-state index is 0.330. The van der Waals surface area contributed by atoms with Crippen LogP contribution in [0.15, 0.2) is 35.0 Å². The van der Waals surface area contributed by atoms with Gasteiger partial charge in [-0.2, -0.15) is 0 Å². The zero-order chi connectivity index (χ0) is 16.8. The normalized spacial score (nSPS) is 10.2. The van der Waals surface area contributed by atoms with E-state index >= 15 is 0 Å². The molecule has 0 aliphatic heterocycles. The lowest BCUT2D eigenvalue weighted by Crippen LogP contribution is -2.29. The molecule has 7 heteroatoms. The lowest BCUT2D eigenvalue weighted by molar-refractivity contribution is 0.0529. The van der Waals surface area contributed by atoms with Crippen LogP contribution in [0.5, 0.6) is 0 Å². The Balaban J connectivity index is 2.27. The van der Waals surface area contributed by atoms with Crippen LogP contribution in [0.25, 0.3) is 10.4 Å². The number of thiophene rings is 2. The number of hydrogen-bond acceptors (Lipinski definition) is 5. The van der Waals surface area contributed by atoms with E-state index in [1.54, 1.807) is 18.3 Å². The molecule has 0 atom stereocenters. The van der Waals surface area contributed by atoms with E-state index in [1.807, 2.05) is 29.8 Å². The third-order valence-electron chi connectivity index (χ3n) is 2.84. The summed E-state index contributed by atoms with van der Waals surface area (Å²) in [6.07, 6.45) is 0. The summed E-state index contributed by atoms with van der Waals surface area (Å²) >= 11 is 8.29. The average Bonchev–Trinajstić information content (AvgIpc) is 3.14. The third kappa shape index (κ3) is 4.63. The zero-order valence-corrected chi connectivity index (χ0v) is 15.4. The van der Waals surface area contributed by atoms with E-state index in [9.17, 15) is 4.79 Å². The Labute approximate surface area is 149 Å². The summed E-state index contributed by atoms with van der Waals surface area (Å²) in [5.41, 5.74) is 2.37. The minimum Gasteiger partial charge on any atom is -0.462 e. The number of anilines is 1. The largest absolute Gasteiger partial charge is 0.462 e. The highest BCUT2D eigenvalue weighted by Crippen LogP contribution is 2.38. The van der Waals surface area contributed by atoms with E-state index in [1.165, 1.54) is 11.3 Å². The summed E-state index contributed by atoms with van der Waals surface area (Å²) in [6.45, 7) is 8.45. The second-order valence-electron chi connectivity index (χ2n) is 4.82. The predicted octanol–water partition coefficient (Wildman–Crippen LogP) is 4.52. The quantitative estimate of drug-likeness (QED) is 0.447. The molecule has 2 aromatic rings. The second-order valence-corrected chi connectivity index (χ2v) is 7.05. The summed E-state index contributed by atoms with van der Waals surface area (Å²) in [4.78, 5) is 13.4. The first-order valence-electron chi connectivity index (χ1n) is 7.04. The van der Waals surface area contributed by atoms with E-state index in [4.69, 9.17) is 17.0 Å². The van der Waals surface area contributed by atoms with Gasteiger partial charge in [0, 0.05) is 22.4 Å². The van der Waals surface area contributed by atoms with Gasteiger partial charge in [-0.25, -0.2) is 4.79 Å². The van der Waals surface area contributed by atoms with E-state index in [2.05, 4.69) is 17.2 Å².